The van der Waals surface area contributed by atoms with E-state index in [0.717, 1.165) is 28.1 Å². The molecule has 2 aromatic heterocycles. The first kappa shape index (κ1) is 19.8. The highest BCUT2D eigenvalue weighted by molar-refractivity contribution is 6.00. The molecule has 1 saturated heterocycles. The summed E-state index contributed by atoms with van der Waals surface area (Å²) < 4.78 is 1.72. The Bertz CT molecular complexity index is 1100. The molecule has 4 rings (SSSR count). The van der Waals surface area contributed by atoms with E-state index in [9.17, 15) is 9.59 Å². The maximum Gasteiger partial charge on any atom is 0.227 e. The molecule has 0 spiro atoms. The van der Waals surface area contributed by atoms with Crippen LogP contribution in [-0.2, 0) is 23.2 Å². The van der Waals surface area contributed by atoms with Gasteiger partial charge in [0.15, 0.2) is 0 Å². The molecular weight excluding hydrogens is 378 g/mol. The van der Waals surface area contributed by atoms with Gasteiger partial charge in [-0.2, -0.15) is 5.10 Å². The summed E-state index contributed by atoms with van der Waals surface area (Å²) in [5, 5.41) is 7.18. The van der Waals surface area contributed by atoms with Gasteiger partial charge in [-0.3, -0.25) is 19.3 Å². The lowest BCUT2D eigenvalue weighted by atomic mass is 10.1. The maximum absolute atomic E-state index is 12.8. The molecule has 3 heterocycles. The first-order valence-electron chi connectivity index (χ1n) is 10.0. The fourth-order valence-corrected chi connectivity index (χ4v) is 3.74. The number of rotatable bonds is 5. The van der Waals surface area contributed by atoms with E-state index in [2.05, 4.69) is 15.4 Å². The Morgan fingerprint density at radius 1 is 1.23 bits per heavy atom. The van der Waals surface area contributed by atoms with Crippen molar-refractivity contribution < 1.29 is 9.59 Å². The van der Waals surface area contributed by atoms with Crippen LogP contribution in [0.25, 0.3) is 11.3 Å². The SMILES string of the molecule is Cc1ccc(N2C[C@@H](C(=O)NCc3cccnc3-c3cnn(C)c3)CC2=O)cc1C. The summed E-state index contributed by atoms with van der Waals surface area (Å²) in [4.78, 5) is 31.5. The number of aryl methyl sites for hydroxylation is 3. The highest BCUT2D eigenvalue weighted by Gasteiger charge is 2.35. The van der Waals surface area contributed by atoms with Crippen LogP contribution in [0.15, 0.2) is 48.9 Å². The van der Waals surface area contributed by atoms with Gasteiger partial charge in [-0.1, -0.05) is 12.1 Å². The quantitative estimate of drug-likeness (QED) is 0.710. The third-order valence-electron chi connectivity index (χ3n) is 5.62. The summed E-state index contributed by atoms with van der Waals surface area (Å²) in [7, 11) is 1.85. The summed E-state index contributed by atoms with van der Waals surface area (Å²) in [6.45, 7) is 4.82. The van der Waals surface area contributed by atoms with Crippen molar-refractivity contribution in [3.8, 4) is 11.3 Å². The van der Waals surface area contributed by atoms with Crippen LogP contribution in [0.2, 0.25) is 0 Å². The fraction of sp³-hybridized carbons (Fsp3) is 0.304. The van der Waals surface area contributed by atoms with Crippen LogP contribution >= 0.6 is 0 Å². The normalized spacial score (nSPS) is 16.2. The zero-order valence-electron chi connectivity index (χ0n) is 17.4. The number of benzene rings is 1. The van der Waals surface area contributed by atoms with Gasteiger partial charge in [-0.05, 0) is 48.7 Å². The minimum absolute atomic E-state index is 0.0178. The third-order valence-corrected chi connectivity index (χ3v) is 5.62. The molecule has 1 atom stereocenters. The maximum atomic E-state index is 12.8. The highest BCUT2D eigenvalue weighted by atomic mass is 16.2. The van der Waals surface area contributed by atoms with E-state index in [0.29, 0.717) is 13.1 Å². The van der Waals surface area contributed by atoms with E-state index in [1.165, 1.54) is 5.56 Å². The van der Waals surface area contributed by atoms with Gasteiger partial charge in [0.25, 0.3) is 0 Å². The molecule has 0 aliphatic carbocycles. The van der Waals surface area contributed by atoms with Gasteiger partial charge in [0.05, 0.1) is 17.8 Å². The van der Waals surface area contributed by atoms with Crippen molar-refractivity contribution in [3.05, 3.63) is 65.6 Å². The van der Waals surface area contributed by atoms with E-state index in [1.54, 1.807) is 22.0 Å². The zero-order chi connectivity index (χ0) is 21.3. The molecular formula is C23H25N5O2. The monoisotopic (exact) mass is 403 g/mol. The van der Waals surface area contributed by atoms with E-state index >= 15 is 0 Å². The summed E-state index contributed by atoms with van der Waals surface area (Å²) >= 11 is 0. The first-order chi connectivity index (χ1) is 14.4. The molecule has 0 unspecified atom stereocenters. The van der Waals surface area contributed by atoms with Crippen molar-refractivity contribution in [1.29, 1.82) is 0 Å². The van der Waals surface area contributed by atoms with Crippen LogP contribution in [0, 0.1) is 19.8 Å². The molecule has 1 aliphatic rings. The number of hydrogen-bond donors (Lipinski definition) is 1. The molecule has 0 bridgehead atoms. The number of aromatic nitrogens is 3. The predicted octanol–water partition coefficient (Wildman–Crippen LogP) is 2.77. The van der Waals surface area contributed by atoms with Crippen LogP contribution in [0.1, 0.15) is 23.1 Å². The second kappa shape index (κ2) is 8.10. The molecule has 3 aromatic rings. The molecule has 1 aromatic carbocycles. The fourth-order valence-electron chi connectivity index (χ4n) is 3.74. The van der Waals surface area contributed by atoms with Gasteiger partial charge in [0, 0.05) is 50.2 Å². The van der Waals surface area contributed by atoms with Crippen molar-refractivity contribution in [3.63, 3.8) is 0 Å². The summed E-state index contributed by atoms with van der Waals surface area (Å²) in [5.74, 6) is -0.496. The van der Waals surface area contributed by atoms with Gasteiger partial charge in [0.2, 0.25) is 11.8 Å². The minimum Gasteiger partial charge on any atom is -0.352 e. The summed E-state index contributed by atoms with van der Waals surface area (Å²) in [6.07, 6.45) is 5.60. The first-order valence-corrected chi connectivity index (χ1v) is 10.0. The molecule has 0 saturated carbocycles. The number of anilines is 1. The smallest absolute Gasteiger partial charge is 0.227 e. The molecule has 1 aliphatic heterocycles. The van der Waals surface area contributed by atoms with Gasteiger partial charge < -0.3 is 10.2 Å². The van der Waals surface area contributed by atoms with E-state index < -0.39 is 0 Å². The molecule has 30 heavy (non-hydrogen) atoms. The number of nitrogens with one attached hydrogen (secondary N) is 1. The van der Waals surface area contributed by atoms with Crippen molar-refractivity contribution >= 4 is 17.5 Å². The average Bonchev–Trinajstić information content (AvgIpc) is 3.34. The molecule has 0 radical (unpaired) electrons. The van der Waals surface area contributed by atoms with Gasteiger partial charge >= 0.3 is 0 Å². The lowest BCUT2D eigenvalue weighted by Crippen LogP contribution is -2.32. The van der Waals surface area contributed by atoms with Crippen LogP contribution in [0.3, 0.4) is 0 Å². The Labute approximate surface area is 175 Å². The molecule has 1 fully saturated rings. The van der Waals surface area contributed by atoms with Crippen LogP contribution in [-0.4, -0.2) is 33.1 Å². The lowest BCUT2D eigenvalue weighted by molar-refractivity contribution is -0.126. The number of carbonyl (C=O) groups is 2. The number of nitrogens with zero attached hydrogens (tertiary/aromatic N) is 4. The predicted molar refractivity (Wildman–Crippen MR) is 115 cm³/mol. The van der Waals surface area contributed by atoms with Gasteiger partial charge in [-0.15, -0.1) is 0 Å². The largest absolute Gasteiger partial charge is 0.352 e. The Hall–Kier alpha value is -3.48. The lowest BCUT2D eigenvalue weighted by Gasteiger charge is -2.18. The second-order valence-electron chi connectivity index (χ2n) is 7.81. The number of pyridine rings is 1. The van der Waals surface area contributed by atoms with Crippen LogP contribution in [0.5, 0.6) is 0 Å². The molecule has 2 amide bonds. The van der Waals surface area contributed by atoms with Crippen molar-refractivity contribution in [2.45, 2.75) is 26.8 Å². The highest BCUT2D eigenvalue weighted by Crippen LogP contribution is 2.27. The van der Waals surface area contributed by atoms with Crippen LogP contribution in [0.4, 0.5) is 5.69 Å². The molecule has 1 N–H and O–H groups in total. The topological polar surface area (TPSA) is 80.1 Å². The van der Waals surface area contributed by atoms with Crippen molar-refractivity contribution in [2.24, 2.45) is 13.0 Å². The number of carbonyl (C=O) groups excluding carboxylic acids is 2. The zero-order valence-corrected chi connectivity index (χ0v) is 17.4. The molecule has 7 nitrogen and oxygen atoms in total. The average molecular weight is 403 g/mol. The third kappa shape index (κ3) is 3.96. The number of hydrogen-bond acceptors (Lipinski definition) is 4. The number of amides is 2. The van der Waals surface area contributed by atoms with Gasteiger partial charge in [0.1, 0.15) is 0 Å². The van der Waals surface area contributed by atoms with Crippen molar-refractivity contribution in [2.75, 3.05) is 11.4 Å². The standard InChI is InChI=1S/C23H25N5O2/c1-15-6-7-20(9-16(15)2)28-14-18(10-21(28)29)23(30)25-11-17-5-4-8-24-22(17)19-12-26-27(3)13-19/h4-9,12-13,18H,10-11,14H2,1-3H3,(H,25,30)/t18-/m0/s1. The molecule has 7 heteroatoms. The van der Waals surface area contributed by atoms with E-state index in [-0.39, 0.29) is 24.2 Å². The Kier molecular flexibility index (Phi) is 5.35. The minimum atomic E-state index is -0.363. The Morgan fingerprint density at radius 2 is 2.07 bits per heavy atom. The Morgan fingerprint density at radius 3 is 2.80 bits per heavy atom. The summed E-state index contributed by atoms with van der Waals surface area (Å²) in [5.41, 5.74) is 5.77. The van der Waals surface area contributed by atoms with Crippen molar-refractivity contribution in [1.82, 2.24) is 20.1 Å². The van der Waals surface area contributed by atoms with E-state index in [4.69, 9.17) is 0 Å². The van der Waals surface area contributed by atoms with Crippen LogP contribution < -0.4 is 10.2 Å². The van der Waals surface area contributed by atoms with E-state index in [1.807, 2.05) is 57.4 Å². The summed E-state index contributed by atoms with van der Waals surface area (Å²) in [6, 6.07) is 9.74. The Balaban J connectivity index is 1.43. The molecule has 154 valence electrons. The van der Waals surface area contributed by atoms with Gasteiger partial charge in [-0.25, -0.2) is 0 Å². The second-order valence-corrected chi connectivity index (χ2v) is 7.81.